The molecule has 4 rings (SSSR count). The van der Waals surface area contributed by atoms with E-state index in [1.807, 2.05) is 6.92 Å². The van der Waals surface area contributed by atoms with Crippen molar-refractivity contribution in [1.29, 1.82) is 0 Å². The van der Waals surface area contributed by atoms with E-state index in [2.05, 4.69) is 9.97 Å². The fraction of sp³-hybridized carbons (Fsp3) is 0.381. The maximum atomic E-state index is 12.9. The number of fused-ring (bicyclic) bond motifs is 3. The van der Waals surface area contributed by atoms with Crippen LogP contribution < -0.4 is 9.47 Å². The van der Waals surface area contributed by atoms with Crippen LogP contribution >= 0.6 is 23.1 Å². The maximum absolute atomic E-state index is 12.9. The van der Waals surface area contributed by atoms with Crippen molar-refractivity contribution in [3.8, 4) is 11.5 Å². The Hall–Kier alpha value is -2.12. The number of aromatic nitrogens is 2. The molecule has 0 amide bonds. The molecule has 5 nitrogen and oxygen atoms in total. The molecule has 1 aliphatic rings. The number of thiophene rings is 1. The number of methoxy groups -OCH3 is 2. The summed E-state index contributed by atoms with van der Waals surface area (Å²) in [6.07, 6.45) is 4.65. The van der Waals surface area contributed by atoms with Crippen LogP contribution in [0.4, 0.5) is 0 Å². The van der Waals surface area contributed by atoms with E-state index in [0.29, 0.717) is 22.8 Å². The van der Waals surface area contributed by atoms with Crippen LogP contribution in [0, 0.1) is 6.92 Å². The van der Waals surface area contributed by atoms with Gasteiger partial charge in [-0.05, 0) is 50.3 Å². The second-order valence-corrected chi connectivity index (χ2v) is 8.79. The number of aryl methyl sites for hydroxylation is 3. The second-order valence-electron chi connectivity index (χ2n) is 6.75. The Morgan fingerprint density at radius 3 is 2.79 bits per heavy atom. The smallest absolute Gasteiger partial charge is 0.176 e. The molecule has 0 bridgehead atoms. The lowest BCUT2D eigenvalue weighted by Crippen LogP contribution is -2.06. The van der Waals surface area contributed by atoms with E-state index in [4.69, 9.17) is 9.47 Å². The van der Waals surface area contributed by atoms with Crippen LogP contribution in [-0.4, -0.2) is 35.7 Å². The second kappa shape index (κ2) is 8.09. The van der Waals surface area contributed by atoms with Gasteiger partial charge in [0.25, 0.3) is 0 Å². The van der Waals surface area contributed by atoms with Gasteiger partial charge in [-0.15, -0.1) is 11.3 Å². The largest absolute Gasteiger partial charge is 0.497 e. The average molecular weight is 415 g/mol. The van der Waals surface area contributed by atoms with Gasteiger partial charge < -0.3 is 9.47 Å². The number of rotatable bonds is 6. The summed E-state index contributed by atoms with van der Waals surface area (Å²) >= 11 is 3.28. The predicted molar refractivity (Wildman–Crippen MR) is 113 cm³/mol. The standard InChI is InChI=1S/C21H22N2O3S2/c1-12-22-20(19-15-6-4-5-7-18(15)28-21(19)23-12)27-11-16(24)14-9-8-13(25-2)10-17(14)26-3/h8-10H,4-7,11H2,1-3H3. The van der Waals surface area contributed by atoms with Crippen LogP contribution in [0.2, 0.25) is 0 Å². The quantitative estimate of drug-likeness (QED) is 0.326. The van der Waals surface area contributed by atoms with E-state index in [1.54, 1.807) is 43.8 Å². The molecular formula is C21H22N2O3S2. The summed E-state index contributed by atoms with van der Waals surface area (Å²) in [5, 5.41) is 2.08. The molecule has 0 saturated heterocycles. The van der Waals surface area contributed by atoms with Gasteiger partial charge >= 0.3 is 0 Å². The van der Waals surface area contributed by atoms with Gasteiger partial charge in [0, 0.05) is 16.3 Å². The molecule has 0 fully saturated rings. The molecule has 1 aliphatic carbocycles. The topological polar surface area (TPSA) is 61.3 Å². The van der Waals surface area contributed by atoms with Gasteiger partial charge in [-0.3, -0.25) is 4.79 Å². The summed E-state index contributed by atoms with van der Waals surface area (Å²) in [6.45, 7) is 1.91. The molecule has 28 heavy (non-hydrogen) atoms. The zero-order chi connectivity index (χ0) is 19.7. The molecule has 7 heteroatoms. The lowest BCUT2D eigenvalue weighted by molar-refractivity contribution is 0.101. The number of ketones is 1. The number of ether oxygens (including phenoxy) is 2. The van der Waals surface area contributed by atoms with Crippen LogP contribution in [0.5, 0.6) is 11.5 Å². The summed E-state index contributed by atoms with van der Waals surface area (Å²) in [4.78, 5) is 24.7. The monoisotopic (exact) mass is 414 g/mol. The maximum Gasteiger partial charge on any atom is 0.176 e. The Balaban J connectivity index is 1.62. The zero-order valence-electron chi connectivity index (χ0n) is 16.2. The SMILES string of the molecule is COc1ccc(C(=O)CSc2nc(C)nc3sc4c(c23)CCCC4)c(OC)c1. The van der Waals surface area contributed by atoms with Crippen molar-refractivity contribution in [2.24, 2.45) is 0 Å². The summed E-state index contributed by atoms with van der Waals surface area (Å²) in [6, 6.07) is 5.27. The van der Waals surface area contributed by atoms with E-state index in [9.17, 15) is 4.79 Å². The Labute approximate surface area is 172 Å². The van der Waals surface area contributed by atoms with Crippen LogP contribution in [0.1, 0.15) is 39.5 Å². The van der Waals surface area contributed by atoms with Gasteiger partial charge in [0.2, 0.25) is 0 Å². The normalized spacial score (nSPS) is 13.4. The average Bonchev–Trinajstić information content (AvgIpc) is 3.09. The van der Waals surface area contributed by atoms with E-state index < -0.39 is 0 Å². The fourth-order valence-electron chi connectivity index (χ4n) is 3.57. The molecule has 0 radical (unpaired) electrons. The fourth-order valence-corrected chi connectivity index (χ4v) is 5.93. The molecule has 0 unspecified atom stereocenters. The molecular weight excluding hydrogens is 392 g/mol. The van der Waals surface area contributed by atoms with Crippen molar-refractivity contribution in [3.05, 3.63) is 40.0 Å². The van der Waals surface area contributed by atoms with Gasteiger partial charge in [-0.2, -0.15) is 0 Å². The van der Waals surface area contributed by atoms with Gasteiger partial charge in [-0.1, -0.05) is 11.8 Å². The van der Waals surface area contributed by atoms with E-state index >= 15 is 0 Å². The Kier molecular flexibility index (Phi) is 5.55. The highest BCUT2D eigenvalue weighted by molar-refractivity contribution is 8.00. The van der Waals surface area contributed by atoms with Crippen molar-refractivity contribution < 1.29 is 14.3 Å². The lowest BCUT2D eigenvalue weighted by Gasteiger charge is -2.12. The highest BCUT2D eigenvalue weighted by atomic mass is 32.2. The van der Waals surface area contributed by atoms with Gasteiger partial charge in [0.1, 0.15) is 27.2 Å². The molecule has 2 aromatic heterocycles. The zero-order valence-corrected chi connectivity index (χ0v) is 17.8. The molecule has 0 atom stereocenters. The molecule has 0 aliphatic heterocycles. The summed E-state index contributed by atoms with van der Waals surface area (Å²) in [7, 11) is 3.16. The first-order chi connectivity index (χ1) is 13.6. The molecule has 146 valence electrons. The number of nitrogens with zero attached hydrogens (tertiary/aromatic N) is 2. The third kappa shape index (κ3) is 3.61. The van der Waals surface area contributed by atoms with Gasteiger partial charge in [0.15, 0.2) is 5.78 Å². The van der Waals surface area contributed by atoms with Crippen LogP contribution in [0.25, 0.3) is 10.2 Å². The minimum Gasteiger partial charge on any atom is -0.497 e. The summed E-state index contributed by atoms with van der Waals surface area (Å²) in [5.74, 6) is 2.26. The molecule has 1 aromatic carbocycles. The molecule has 0 saturated carbocycles. The van der Waals surface area contributed by atoms with Crippen LogP contribution in [0.3, 0.4) is 0 Å². The molecule has 0 spiro atoms. The molecule has 0 N–H and O–H groups in total. The Bertz CT molecular complexity index is 1050. The highest BCUT2D eigenvalue weighted by Gasteiger charge is 2.22. The number of hydrogen-bond donors (Lipinski definition) is 0. The minimum absolute atomic E-state index is 0.0121. The van der Waals surface area contributed by atoms with Crippen molar-refractivity contribution in [3.63, 3.8) is 0 Å². The molecule has 2 heterocycles. The Morgan fingerprint density at radius 1 is 1.18 bits per heavy atom. The Morgan fingerprint density at radius 2 is 2.00 bits per heavy atom. The predicted octanol–water partition coefficient (Wildman–Crippen LogP) is 4.87. The minimum atomic E-state index is 0.0121. The van der Waals surface area contributed by atoms with Gasteiger partial charge in [-0.25, -0.2) is 9.97 Å². The molecule has 3 aromatic rings. The van der Waals surface area contributed by atoms with Crippen molar-refractivity contribution in [1.82, 2.24) is 9.97 Å². The number of carbonyl (C=O) groups is 1. The van der Waals surface area contributed by atoms with Crippen LogP contribution in [-0.2, 0) is 12.8 Å². The van der Waals surface area contributed by atoms with Crippen molar-refractivity contribution in [2.45, 2.75) is 37.6 Å². The third-order valence-corrected chi connectivity index (χ3v) is 7.10. The first kappa shape index (κ1) is 19.2. The van der Waals surface area contributed by atoms with Crippen molar-refractivity contribution in [2.75, 3.05) is 20.0 Å². The summed E-state index contributed by atoms with van der Waals surface area (Å²) in [5.41, 5.74) is 1.95. The lowest BCUT2D eigenvalue weighted by atomic mass is 9.97. The van der Waals surface area contributed by atoms with E-state index in [-0.39, 0.29) is 5.78 Å². The first-order valence-corrected chi connectivity index (χ1v) is 11.1. The van der Waals surface area contributed by atoms with E-state index in [1.165, 1.54) is 35.0 Å². The number of Topliss-reactive ketones (excluding diaryl/α,β-unsaturated/α-hetero) is 1. The van der Waals surface area contributed by atoms with Gasteiger partial charge in [0.05, 0.1) is 25.5 Å². The van der Waals surface area contributed by atoms with Crippen LogP contribution in [0.15, 0.2) is 23.2 Å². The highest BCUT2D eigenvalue weighted by Crippen LogP contribution is 2.40. The number of thioether (sulfide) groups is 1. The van der Waals surface area contributed by atoms with Crippen molar-refractivity contribution >= 4 is 39.1 Å². The number of hydrogen-bond acceptors (Lipinski definition) is 7. The number of benzene rings is 1. The summed E-state index contributed by atoms with van der Waals surface area (Å²) < 4.78 is 10.6. The first-order valence-electron chi connectivity index (χ1n) is 9.27. The van der Waals surface area contributed by atoms with E-state index in [0.717, 1.165) is 33.9 Å². The third-order valence-electron chi connectivity index (χ3n) is 4.94. The number of carbonyl (C=O) groups excluding carboxylic acids is 1.